The summed E-state index contributed by atoms with van der Waals surface area (Å²) >= 11 is 9.52. The van der Waals surface area contributed by atoms with Gasteiger partial charge in [-0.2, -0.15) is 0 Å². The fourth-order valence-electron chi connectivity index (χ4n) is 1.91. The maximum Gasteiger partial charge on any atom is 0.151 e. The van der Waals surface area contributed by atoms with E-state index in [-0.39, 0.29) is 0 Å². The van der Waals surface area contributed by atoms with Gasteiger partial charge in [0.1, 0.15) is 16.0 Å². The molecule has 0 heterocycles. The van der Waals surface area contributed by atoms with E-state index < -0.39 is 0 Å². The third kappa shape index (κ3) is 2.67. The van der Waals surface area contributed by atoms with Crippen LogP contribution in [0.25, 0.3) is 11.1 Å². The van der Waals surface area contributed by atoms with Crippen LogP contribution in [0.5, 0.6) is 11.5 Å². The van der Waals surface area contributed by atoms with Gasteiger partial charge in [0.25, 0.3) is 0 Å². The average molecular weight is 356 g/mol. The van der Waals surface area contributed by atoms with Gasteiger partial charge < -0.3 is 9.47 Å². The molecule has 0 aliphatic rings. The van der Waals surface area contributed by atoms with E-state index in [1.807, 2.05) is 18.2 Å². The van der Waals surface area contributed by atoms with Crippen LogP contribution >= 0.6 is 27.5 Å². The number of benzene rings is 2. The standard InChI is InChI=1S/C15H12BrClO3/c1-19-13-6-5-11(15(20-2)14(13)16)9-3-4-10(8-18)12(17)7-9/h3-8H,1-2H3. The van der Waals surface area contributed by atoms with E-state index in [0.29, 0.717) is 22.1 Å². The molecule has 0 aliphatic heterocycles. The largest absolute Gasteiger partial charge is 0.495 e. The van der Waals surface area contributed by atoms with Gasteiger partial charge >= 0.3 is 0 Å². The molecule has 0 radical (unpaired) electrons. The van der Waals surface area contributed by atoms with Crippen LogP contribution in [0.2, 0.25) is 5.02 Å². The predicted octanol–water partition coefficient (Wildman–Crippen LogP) is 4.60. The molecule has 5 heteroatoms. The topological polar surface area (TPSA) is 35.5 Å². The van der Waals surface area contributed by atoms with E-state index in [1.54, 1.807) is 26.4 Å². The van der Waals surface area contributed by atoms with Gasteiger partial charge in [-0.3, -0.25) is 4.79 Å². The molecule has 104 valence electrons. The van der Waals surface area contributed by atoms with Gasteiger partial charge in [-0.25, -0.2) is 0 Å². The minimum absolute atomic E-state index is 0.409. The molecule has 0 aromatic heterocycles. The monoisotopic (exact) mass is 354 g/mol. The predicted molar refractivity (Wildman–Crippen MR) is 83.1 cm³/mol. The Morgan fingerprint density at radius 1 is 1.15 bits per heavy atom. The second-order valence-electron chi connectivity index (χ2n) is 4.02. The first-order chi connectivity index (χ1) is 9.62. The molecule has 0 saturated heterocycles. The van der Waals surface area contributed by atoms with Gasteiger partial charge in [-0.15, -0.1) is 0 Å². The molecule has 0 atom stereocenters. The molecule has 2 rings (SSSR count). The van der Waals surface area contributed by atoms with Crippen molar-refractivity contribution in [1.29, 1.82) is 0 Å². The van der Waals surface area contributed by atoms with Crippen molar-refractivity contribution < 1.29 is 14.3 Å². The molecule has 0 amide bonds. The summed E-state index contributed by atoms with van der Waals surface area (Å²) in [5, 5.41) is 0.409. The molecular formula is C15H12BrClO3. The lowest BCUT2D eigenvalue weighted by atomic mass is 10.0. The van der Waals surface area contributed by atoms with E-state index in [0.717, 1.165) is 21.9 Å². The number of halogens is 2. The highest BCUT2D eigenvalue weighted by Crippen LogP contribution is 2.42. The zero-order valence-electron chi connectivity index (χ0n) is 10.9. The van der Waals surface area contributed by atoms with Crippen molar-refractivity contribution in [3.63, 3.8) is 0 Å². The minimum Gasteiger partial charge on any atom is -0.495 e. The van der Waals surface area contributed by atoms with Crippen molar-refractivity contribution in [3.8, 4) is 22.6 Å². The Labute approximate surface area is 130 Å². The highest BCUT2D eigenvalue weighted by molar-refractivity contribution is 9.10. The summed E-state index contributed by atoms with van der Waals surface area (Å²) in [4.78, 5) is 10.8. The number of carbonyl (C=O) groups excluding carboxylic acids is 1. The van der Waals surface area contributed by atoms with Crippen molar-refractivity contribution in [2.45, 2.75) is 0 Å². The molecule has 2 aromatic carbocycles. The lowest BCUT2D eigenvalue weighted by Gasteiger charge is -2.14. The summed E-state index contributed by atoms with van der Waals surface area (Å²) < 4.78 is 11.4. The molecule has 0 spiro atoms. The fraction of sp³-hybridized carbons (Fsp3) is 0.133. The van der Waals surface area contributed by atoms with Gasteiger partial charge in [-0.05, 0) is 45.8 Å². The third-order valence-electron chi connectivity index (χ3n) is 2.92. The third-order valence-corrected chi connectivity index (χ3v) is 4.00. The lowest BCUT2D eigenvalue weighted by molar-refractivity contribution is 0.112. The molecule has 0 aliphatic carbocycles. The normalized spacial score (nSPS) is 10.2. The Hall–Kier alpha value is -1.52. The van der Waals surface area contributed by atoms with Crippen molar-refractivity contribution in [2.24, 2.45) is 0 Å². The summed E-state index contributed by atoms with van der Waals surface area (Å²) in [6.45, 7) is 0. The number of hydrogen-bond donors (Lipinski definition) is 0. The summed E-state index contributed by atoms with van der Waals surface area (Å²) in [5.41, 5.74) is 2.18. The van der Waals surface area contributed by atoms with Gasteiger partial charge in [0.15, 0.2) is 6.29 Å². The summed E-state index contributed by atoms with van der Waals surface area (Å²) in [5.74, 6) is 1.33. The van der Waals surface area contributed by atoms with E-state index >= 15 is 0 Å². The van der Waals surface area contributed by atoms with Crippen molar-refractivity contribution in [1.82, 2.24) is 0 Å². The van der Waals surface area contributed by atoms with Crippen LogP contribution in [0.1, 0.15) is 10.4 Å². The van der Waals surface area contributed by atoms with E-state index in [1.165, 1.54) is 0 Å². The van der Waals surface area contributed by atoms with Gasteiger partial charge in [0, 0.05) is 11.1 Å². The van der Waals surface area contributed by atoms with Gasteiger partial charge in [0.2, 0.25) is 0 Å². The lowest BCUT2D eigenvalue weighted by Crippen LogP contribution is -1.93. The second-order valence-corrected chi connectivity index (χ2v) is 5.22. The van der Waals surface area contributed by atoms with Crippen LogP contribution in [0, 0.1) is 0 Å². The second kappa shape index (κ2) is 6.29. The van der Waals surface area contributed by atoms with E-state index in [4.69, 9.17) is 21.1 Å². The van der Waals surface area contributed by atoms with E-state index in [9.17, 15) is 4.79 Å². The summed E-state index contributed by atoms with van der Waals surface area (Å²) in [6, 6.07) is 8.97. The quantitative estimate of drug-likeness (QED) is 0.752. The van der Waals surface area contributed by atoms with Crippen molar-refractivity contribution >= 4 is 33.8 Å². The minimum atomic E-state index is 0.409. The van der Waals surface area contributed by atoms with Crippen LogP contribution in [-0.4, -0.2) is 20.5 Å². The number of carbonyl (C=O) groups is 1. The van der Waals surface area contributed by atoms with Crippen LogP contribution < -0.4 is 9.47 Å². The zero-order chi connectivity index (χ0) is 14.7. The summed E-state index contributed by atoms with van der Waals surface area (Å²) in [6.07, 6.45) is 0.729. The van der Waals surface area contributed by atoms with Crippen molar-refractivity contribution in [3.05, 3.63) is 45.4 Å². The maximum atomic E-state index is 10.8. The molecule has 3 nitrogen and oxygen atoms in total. The summed E-state index contributed by atoms with van der Waals surface area (Å²) in [7, 11) is 3.18. The number of rotatable bonds is 4. The molecule has 0 saturated carbocycles. The van der Waals surface area contributed by atoms with Crippen LogP contribution in [0.15, 0.2) is 34.8 Å². The van der Waals surface area contributed by atoms with Crippen LogP contribution in [0.3, 0.4) is 0 Å². The Kier molecular flexibility index (Phi) is 4.68. The number of hydrogen-bond acceptors (Lipinski definition) is 3. The maximum absolute atomic E-state index is 10.8. The first-order valence-electron chi connectivity index (χ1n) is 5.78. The smallest absolute Gasteiger partial charge is 0.151 e. The van der Waals surface area contributed by atoms with Crippen LogP contribution in [-0.2, 0) is 0 Å². The molecular weight excluding hydrogens is 344 g/mol. The SMILES string of the molecule is COc1ccc(-c2ccc(C=O)c(Cl)c2)c(OC)c1Br. The molecule has 0 unspecified atom stereocenters. The highest BCUT2D eigenvalue weighted by Gasteiger charge is 2.14. The van der Waals surface area contributed by atoms with Gasteiger partial charge in [0.05, 0.1) is 19.2 Å². The molecule has 20 heavy (non-hydrogen) atoms. The van der Waals surface area contributed by atoms with Crippen molar-refractivity contribution in [2.75, 3.05) is 14.2 Å². The number of ether oxygens (including phenoxy) is 2. The molecule has 0 fully saturated rings. The molecule has 0 N–H and O–H groups in total. The average Bonchev–Trinajstić information content (AvgIpc) is 2.46. The first kappa shape index (κ1) is 14.9. The Morgan fingerprint density at radius 3 is 2.45 bits per heavy atom. The van der Waals surface area contributed by atoms with Gasteiger partial charge in [-0.1, -0.05) is 17.7 Å². The number of methoxy groups -OCH3 is 2. The molecule has 0 bridgehead atoms. The Balaban J connectivity index is 2.60. The Morgan fingerprint density at radius 2 is 1.90 bits per heavy atom. The van der Waals surface area contributed by atoms with E-state index in [2.05, 4.69) is 15.9 Å². The first-order valence-corrected chi connectivity index (χ1v) is 6.95. The molecule has 2 aromatic rings. The highest BCUT2D eigenvalue weighted by atomic mass is 79.9. The fourth-order valence-corrected chi connectivity index (χ4v) is 2.81. The zero-order valence-corrected chi connectivity index (χ0v) is 13.3. The number of aldehydes is 1. The van der Waals surface area contributed by atoms with Crippen LogP contribution in [0.4, 0.5) is 0 Å². The Bertz CT molecular complexity index is 656.